The van der Waals surface area contributed by atoms with Crippen molar-refractivity contribution >= 4 is 17.5 Å². The van der Waals surface area contributed by atoms with Crippen molar-refractivity contribution in [2.45, 2.75) is 19.1 Å². The highest BCUT2D eigenvalue weighted by Crippen LogP contribution is 2.30. The van der Waals surface area contributed by atoms with E-state index in [0.717, 1.165) is 12.1 Å². The number of benzene rings is 1. The zero-order valence-corrected chi connectivity index (χ0v) is 17.0. The van der Waals surface area contributed by atoms with Gasteiger partial charge in [-0.25, -0.2) is 0 Å². The van der Waals surface area contributed by atoms with Crippen LogP contribution in [0.1, 0.15) is 12.5 Å². The number of hydrogen-bond donors (Lipinski definition) is 1. The van der Waals surface area contributed by atoms with Crippen molar-refractivity contribution in [1.82, 2.24) is 14.7 Å². The van der Waals surface area contributed by atoms with Gasteiger partial charge in [0.1, 0.15) is 0 Å². The molecule has 2 amide bonds. The van der Waals surface area contributed by atoms with E-state index in [0.29, 0.717) is 52.5 Å². The van der Waals surface area contributed by atoms with Gasteiger partial charge in [-0.2, -0.15) is 13.2 Å². The van der Waals surface area contributed by atoms with Crippen LogP contribution in [0.3, 0.4) is 0 Å². The Morgan fingerprint density at radius 2 is 1.77 bits per heavy atom. The molecule has 1 aromatic carbocycles. The number of carbonyl (C=O) groups is 2. The molecule has 7 nitrogen and oxygen atoms in total. The van der Waals surface area contributed by atoms with Gasteiger partial charge >= 0.3 is 6.18 Å². The third-order valence-electron chi connectivity index (χ3n) is 5.48. The fraction of sp³-hybridized carbons (Fsp3) is 0.600. The van der Waals surface area contributed by atoms with Crippen LogP contribution >= 0.6 is 0 Å². The maximum atomic E-state index is 12.8. The smallest absolute Gasteiger partial charge is 0.378 e. The van der Waals surface area contributed by atoms with Crippen LogP contribution in [0, 0.1) is 0 Å². The molecule has 1 atom stereocenters. The Morgan fingerprint density at radius 1 is 1.10 bits per heavy atom. The lowest BCUT2D eigenvalue weighted by atomic mass is 10.2. The highest BCUT2D eigenvalue weighted by molar-refractivity contribution is 5.92. The summed E-state index contributed by atoms with van der Waals surface area (Å²) in [4.78, 5) is 30.7. The van der Waals surface area contributed by atoms with Gasteiger partial charge in [-0.15, -0.1) is 0 Å². The summed E-state index contributed by atoms with van der Waals surface area (Å²) < 4.78 is 43.7. The second kappa shape index (κ2) is 9.76. The van der Waals surface area contributed by atoms with Gasteiger partial charge in [-0.05, 0) is 25.1 Å². The maximum Gasteiger partial charge on any atom is 0.416 e. The molecule has 2 heterocycles. The van der Waals surface area contributed by atoms with Crippen LogP contribution < -0.4 is 5.32 Å². The number of halogens is 3. The van der Waals surface area contributed by atoms with E-state index >= 15 is 0 Å². The van der Waals surface area contributed by atoms with Gasteiger partial charge in [0.05, 0.1) is 31.4 Å². The van der Waals surface area contributed by atoms with Crippen LogP contribution in [0.2, 0.25) is 0 Å². The molecule has 1 unspecified atom stereocenters. The Kier molecular flexibility index (Phi) is 7.32. The van der Waals surface area contributed by atoms with Crippen LogP contribution in [0.5, 0.6) is 0 Å². The third kappa shape index (κ3) is 5.93. The van der Waals surface area contributed by atoms with Crippen molar-refractivity contribution in [1.29, 1.82) is 0 Å². The predicted molar refractivity (Wildman–Crippen MR) is 105 cm³/mol. The predicted octanol–water partition coefficient (Wildman–Crippen LogP) is 1.51. The van der Waals surface area contributed by atoms with Crippen LogP contribution in [0.4, 0.5) is 18.9 Å². The summed E-state index contributed by atoms with van der Waals surface area (Å²) in [6.45, 7) is 6.84. The molecule has 0 aromatic heterocycles. The molecule has 1 N–H and O–H groups in total. The summed E-state index contributed by atoms with van der Waals surface area (Å²) >= 11 is 0. The zero-order valence-electron chi connectivity index (χ0n) is 17.0. The first-order chi connectivity index (χ1) is 14.2. The first kappa shape index (κ1) is 22.5. The van der Waals surface area contributed by atoms with Crippen molar-refractivity contribution in [3.63, 3.8) is 0 Å². The van der Waals surface area contributed by atoms with E-state index < -0.39 is 11.7 Å². The second-order valence-electron chi connectivity index (χ2n) is 7.55. The van der Waals surface area contributed by atoms with Crippen molar-refractivity contribution in [2.75, 3.05) is 64.3 Å². The first-order valence-corrected chi connectivity index (χ1v) is 10.0. The van der Waals surface area contributed by atoms with Gasteiger partial charge in [0, 0.05) is 45.0 Å². The Morgan fingerprint density at radius 3 is 2.40 bits per heavy atom. The number of nitrogens with one attached hydrogen (secondary N) is 1. The summed E-state index contributed by atoms with van der Waals surface area (Å²) in [5.41, 5.74) is -0.675. The topological polar surface area (TPSA) is 65.1 Å². The first-order valence-electron chi connectivity index (χ1n) is 10.0. The van der Waals surface area contributed by atoms with E-state index in [1.165, 1.54) is 12.1 Å². The lowest BCUT2D eigenvalue weighted by Gasteiger charge is -2.39. The molecule has 2 aliphatic heterocycles. The minimum atomic E-state index is -4.45. The minimum Gasteiger partial charge on any atom is -0.378 e. The number of alkyl halides is 3. The molecule has 166 valence electrons. The van der Waals surface area contributed by atoms with Gasteiger partial charge in [0.15, 0.2) is 0 Å². The number of nitrogens with zero attached hydrogens (tertiary/aromatic N) is 3. The third-order valence-corrected chi connectivity index (χ3v) is 5.48. The summed E-state index contributed by atoms with van der Waals surface area (Å²) in [5, 5.41) is 2.53. The van der Waals surface area contributed by atoms with Crippen LogP contribution in [0.25, 0.3) is 0 Å². The molecule has 0 saturated carbocycles. The highest BCUT2D eigenvalue weighted by Gasteiger charge is 2.31. The standard InChI is InChI=1S/C20H27F3N4O3/c1-15(19(29)27-9-11-30-12-10-27)26-7-5-25(6-8-26)14-18(28)24-17-4-2-3-16(13-17)20(21,22)23/h2-4,13,15H,5-12,14H2,1H3,(H,24,28). The average molecular weight is 428 g/mol. The number of ether oxygens (including phenoxy) is 1. The summed E-state index contributed by atoms with van der Waals surface area (Å²) in [6.07, 6.45) is -4.45. The fourth-order valence-electron chi connectivity index (χ4n) is 3.69. The van der Waals surface area contributed by atoms with E-state index in [1.54, 1.807) is 0 Å². The van der Waals surface area contributed by atoms with E-state index in [2.05, 4.69) is 10.2 Å². The monoisotopic (exact) mass is 428 g/mol. The number of piperazine rings is 1. The fourth-order valence-corrected chi connectivity index (χ4v) is 3.69. The van der Waals surface area contributed by atoms with Gasteiger partial charge in [0.2, 0.25) is 11.8 Å². The molecule has 1 aromatic rings. The molecule has 2 fully saturated rings. The molecular formula is C20H27F3N4O3. The van der Waals surface area contributed by atoms with Crippen molar-refractivity contribution in [2.24, 2.45) is 0 Å². The van der Waals surface area contributed by atoms with Crippen LogP contribution in [0.15, 0.2) is 24.3 Å². The summed E-state index contributed by atoms with van der Waals surface area (Å²) in [6, 6.07) is 4.36. The number of hydrogen-bond acceptors (Lipinski definition) is 5. The zero-order chi connectivity index (χ0) is 21.7. The van der Waals surface area contributed by atoms with Gasteiger partial charge in [0.25, 0.3) is 0 Å². The summed E-state index contributed by atoms with van der Waals surface area (Å²) in [7, 11) is 0. The molecule has 2 saturated heterocycles. The lowest BCUT2D eigenvalue weighted by Crippen LogP contribution is -2.56. The Labute approximate surface area is 173 Å². The molecule has 3 rings (SSSR count). The number of amides is 2. The lowest BCUT2D eigenvalue weighted by molar-refractivity contribution is -0.141. The van der Waals surface area contributed by atoms with E-state index in [4.69, 9.17) is 4.74 Å². The van der Waals surface area contributed by atoms with Crippen molar-refractivity contribution in [3.05, 3.63) is 29.8 Å². The maximum absolute atomic E-state index is 12.8. The molecule has 30 heavy (non-hydrogen) atoms. The quantitative estimate of drug-likeness (QED) is 0.770. The second-order valence-corrected chi connectivity index (χ2v) is 7.55. The molecule has 0 bridgehead atoms. The SMILES string of the molecule is CC(C(=O)N1CCOCC1)N1CCN(CC(=O)Nc2cccc(C(F)(F)F)c2)CC1. The molecular weight excluding hydrogens is 401 g/mol. The number of carbonyl (C=O) groups excluding carboxylic acids is 2. The largest absolute Gasteiger partial charge is 0.416 e. The Hall–Kier alpha value is -2.17. The number of anilines is 1. The van der Waals surface area contributed by atoms with Gasteiger partial charge in [-0.1, -0.05) is 6.07 Å². The van der Waals surface area contributed by atoms with E-state index in [9.17, 15) is 22.8 Å². The van der Waals surface area contributed by atoms with E-state index in [1.807, 2.05) is 16.7 Å². The minimum absolute atomic E-state index is 0.0917. The molecule has 10 heteroatoms. The average Bonchev–Trinajstić information content (AvgIpc) is 2.73. The van der Waals surface area contributed by atoms with Crippen LogP contribution in [-0.2, 0) is 20.5 Å². The highest BCUT2D eigenvalue weighted by atomic mass is 19.4. The van der Waals surface area contributed by atoms with Crippen molar-refractivity contribution in [3.8, 4) is 0 Å². The summed E-state index contributed by atoms with van der Waals surface area (Å²) in [5.74, 6) is -0.269. The molecule has 0 spiro atoms. The van der Waals surface area contributed by atoms with E-state index in [-0.39, 0.29) is 30.1 Å². The van der Waals surface area contributed by atoms with Crippen LogP contribution in [-0.4, -0.2) is 91.6 Å². The Bertz CT molecular complexity index is 745. The molecule has 0 aliphatic carbocycles. The number of rotatable bonds is 5. The molecule has 2 aliphatic rings. The molecule has 0 radical (unpaired) electrons. The Balaban J connectivity index is 1.45. The van der Waals surface area contributed by atoms with Crippen molar-refractivity contribution < 1.29 is 27.5 Å². The normalized spacial score (nSPS) is 20.1. The van der Waals surface area contributed by atoms with Gasteiger partial charge in [-0.3, -0.25) is 19.4 Å². The number of morpholine rings is 1. The van der Waals surface area contributed by atoms with Gasteiger partial charge < -0.3 is 15.0 Å².